The number of ether oxygens (including phenoxy) is 1. The summed E-state index contributed by atoms with van der Waals surface area (Å²) < 4.78 is 7.96. The van der Waals surface area contributed by atoms with Crippen LogP contribution in [0.15, 0.2) is 53.3 Å². The van der Waals surface area contributed by atoms with E-state index in [2.05, 4.69) is 10.2 Å². The van der Waals surface area contributed by atoms with Crippen LogP contribution in [0.25, 0.3) is 21.1 Å². The van der Waals surface area contributed by atoms with Crippen LogP contribution in [-0.4, -0.2) is 41.8 Å². The van der Waals surface area contributed by atoms with Gasteiger partial charge in [-0.25, -0.2) is 4.98 Å². The van der Waals surface area contributed by atoms with Crippen LogP contribution in [0.4, 0.5) is 10.8 Å². The number of amides is 1. The molecule has 0 unspecified atom stereocenters. The summed E-state index contributed by atoms with van der Waals surface area (Å²) in [5, 5.41) is 4.64. The van der Waals surface area contributed by atoms with Crippen molar-refractivity contribution in [3.63, 3.8) is 0 Å². The third kappa shape index (κ3) is 3.34. The van der Waals surface area contributed by atoms with Gasteiger partial charge in [0.15, 0.2) is 5.13 Å². The van der Waals surface area contributed by atoms with Crippen LogP contribution in [0.5, 0.6) is 0 Å². The van der Waals surface area contributed by atoms with Gasteiger partial charge in [-0.15, -0.1) is 0 Å². The van der Waals surface area contributed by atoms with Crippen molar-refractivity contribution in [1.82, 2.24) is 9.55 Å². The first-order valence-electron chi connectivity index (χ1n) is 9.73. The van der Waals surface area contributed by atoms with E-state index in [0.29, 0.717) is 24.5 Å². The number of nitrogens with one attached hydrogen (secondary N) is 1. The monoisotopic (exact) mass is 420 g/mol. The Kier molecular flexibility index (Phi) is 4.72. The molecule has 0 saturated carbocycles. The van der Waals surface area contributed by atoms with E-state index in [4.69, 9.17) is 9.72 Å². The number of pyridine rings is 1. The Labute approximate surface area is 176 Å². The molecule has 1 amide bonds. The lowest BCUT2D eigenvalue weighted by atomic mass is 10.1. The molecule has 1 aliphatic heterocycles. The highest BCUT2D eigenvalue weighted by Crippen LogP contribution is 2.31. The first kappa shape index (κ1) is 18.8. The molecule has 5 rings (SSSR count). The van der Waals surface area contributed by atoms with Crippen molar-refractivity contribution in [2.24, 2.45) is 7.05 Å². The third-order valence-corrected chi connectivity index (χ3v) is 6.39. The highest BCUT2D eigenvalue weighted by atomic mass is 32.1. The zero-order valence-electron chi connectivity index (χ0n) is 16.4. The summed E-state index contributed by atoms with van der Waals surface area (Å²) in [4.78, 5) is 32.2. The molecule has 2 aromatic heterocycles. The molecule has 152 valence electrons. The normalized spacial score (nSPS) is 14.4. The number of anilines is 2. The number of carbonyl (C=O) groups excluding carboxylic acids is 1. The van der Waals surface area contributed by atoms with Gasteiger partial charge in [0, 0.05) is 37.3 Å². The first-order valence-corrected chi connectivity index (χ1v) is 10.6. The number of fused-ring (bicyclic) bond motifs is 2. The molecule has 0 radical (unpaired) electrons. The number of benzene rings is 2. The van der Waals surface area contributed by atoms with Crippen molar-refractivity contribution < 1.29 is 9.53 Å². The summed E-state index contributed by atoms with van der Waals surface area (Å²) in [5.74, 6) is -0.304. The zero-order valence-corrected chi connectivity index (χ0v) is 17.2. The Bertz CT molecular complexity index is 1320. The number of carbonyl (C=O) groups is 1. The van der Waals surface area contributed by atoms with Crippen LogP contribution in [0.2, 0.25) is 0 Å². The highest BCUT2D eigenvalue weighted by Gasteiger charge is 2.17. The van der Waals surface area contributed by atoms with Crippen molar-refractivity contribution in [2.45, 2.75) is 0 Å². The summed E-state index contributed by atoms with van der Waals surface area (Å²) in [5.41, 5.74) is 2.45. The number of aryl methyl sites for hydroxylation is 1. The van der Waals surface area contributed by atoms with Crippen LogP contribution in [-0.2, 0) is 11.8 Å². The van der Waals surface area contributed by atoms with Gasteiger partial charge in [0.2, 0.25) is 0 Å². The first-order chi connectivity index (χ1) is 14.6. The minimum Gasteiger partial charge on any atom is -0.378 e. The van der Waals surface area contributed by atoms with Crippen molar-refractivity contribution >= 4 is 49.2 Å². The van der Waals surface area contributed by atoms with Gasteiger partial charge in [0.05, 0.1) is 34.5 Å². The molecule has 0 spiro atoms. The average molecular weight is 420 g/mol. The van der Waals surface area contributed by atoms with E-state index in [0.717, 1.165) is 39.3 Å². The number of para-hydroxylation sites is 1. The number of aromatic nitrogens is 2. The van der Waals surface area contributed by atoms with E-state index < -0.39 is 0 Å². The van der Waals surface area contributed by atoms with E-state index in [-0.39, 0.29) is 11.5 Å². The molecular weight excluding hydrogens is 400 g/mol. The van der Waals surface area contributed by atoms with E-state index in [1.807, 2.05) is 42.5 Å². The maximum atomic E-state index is 13.0. The molecule has 1 saturated heterocycles. The van der Waals surface area contributed by atoms with Crippen LogP contribution in [0.1, 0.15) is 10.4 Å². The van der Waals surface area contributed by atoms with Gasteiger partial charge in [-0.05, 0) is 24.3 Å². The number of hydrogen-bond donors (Lipinski definition) is 1. The van der Waals surface area contributed by atoms with Crippen molar-refractivity contribution in [3.05, 3.63) is 64.4 Å². The Hall–Kier alpha value is -3.23. The minimum absolute atomic E-state index is 0.216. The summed E-state index contributed by atoms with van der Waals surface area (Å²) in [6.07, 6.45) is 0. The minimum atomic E-state index is -0.304. The molecule has 30 heavy (non-hydrogen) atoms. The maximum Gasteiger partial charge on any atom is 0.256 e. The second-order valence-electron chi connectivity index (χ2n) is 7.20. The largest absolute Gasteiger partial charge is 0.378 e. The molecule has 2 aromatic carbocycles. The van der Waals surface area contributed by atoms with Crippen molar-refractivity contribution in [2.75, 3.05) is 36.5 Å². The number of thiazole rings is 1. The van der Waals surface area contributed by atoms with Gasteiger partial charge in [-0.3, -0.25) is 9.59 Å². The van der Waals surface area contributed by atoms with Crippen LogP contribution < -0.4 is 15.8 Å². The van der Waals surface area contributed by atoms with Gasteiger partial charge in [0.1, 0.15) is 0 Å². The fourth-order valence-electron chi connectivity index (χ4n) is 3.68. The lowest BCUT2D eigenvalue weighted by Crippen LogP contribution is -2.36. The van der Waals surface area contributed by atoms with Gasteiger partial charge >= 0.3 is 0 Å². The fraction of sp³-hybridized carbons (Fsp3) is 0.227. The summed E-state index contributed by atoms with van der Waals surface area (Å²) >= 11 is 1.60. The van der Waals surface area contributed by atoms with Gasteiger partial charge in [-0.1, -0.05) is 29.5 Å². The summed E-state index contributed by atoms with van der Waals surface area (Å²) in [7, 11) is 1.70. The summed E-state index contributed by atoms with van der Waals surface area (Å²) in [6.45, 7) is 3.09. The Morgan fingerprint density at radius 3 is 2.77 bits per heavy atom. The molecule has 8 heteroatoms. The van der Waals surface area contributed by atoms with Gasteiger partial charge in [-0.2, -0.15) is 0 Å². The highest BCUT2D eigenvalue weighted by molar-refractivity contribution is 7.22. The quantitative estimate of drug-likeness (QED) is 0.551. The molecule has 1 aliphatic rings. The maximum absolute atomic E-state index is 13.0. The molecule has 3 heterocycles. The molecule has 4 aromatic rings. The SMILES string of the molecule is Cn1c(=O)cc(C(=O)Nc2ccc3nc(N4CCOCC4)sc3c2)c2ccccc21. The number of morpholine rings is 1. The number of rotatable bonds is 3. The summed E-state index contributed by atoms with van der Waals surface area (Å²) in [6, 6.07) is 14.5. The van der Waals surface area contributed by atoms with Crippen LogP contribution in [0, 0.1) is 0 Å². The number of hydrogen-bond acceptors (Lipinski definition) is 6. The second-order valence-corrected chi connectivity index (χ2v) is 8.21. The van der Waals surface area contributed by atoms with Gasteiger partial charge < -0.3 is 19.5 Å². The second kappa shape index (κ2) is 7.55. The Balaban J connectivity index is 1.46. The fourth-order valence-corrected chi connectivity index (χ4v) is 4.73. The molecule has 0 aliphatic carbocycles. The molecule has 7 nitrogen and oxygen atoms in total. The topological polar surface area (TPSA) is 76.5 Å². The van der Waals surface area contributed by atoms with Crippen LogP contribution >= 0.6 is 11.3 Å². The molecule has 1 N–H and O–H groups in total. The average Bonchev–Trinajstić information content (AvgIpc) is 3.20. The van der Waals surface area contributed by atoms with E-state index in [1.54, 1.807) is 23.0 Å². The predicted molar refractivity (Wildman–Crippen MR) is 120 cm³/mol. The Morgan fingerprint density at radius 2 is 1.93 bits per heavy atom. The Morgan fingerprint density at radius 1 is 1.13 bits per heavy atom. The third-order valence-electron chi connectivity index (χ3n) is 5.32. The lowest BCUT2D eigenvalue weighted by molar-refractivity contribution is 0.102. The standard InChI is InChI=1S/C22H20N4O3S/c1-25-18-5-3-2-4-15(18)16(13-20(25)27)21(28)23-14-6-7-17-19(12-14)30-22(24-17)26-8-10-29-11-9-26/h2-7,12-13H,8-11H2,1H3,(H,23,28). The van der Waals surface area contributed by atoms with E-state index in [1.165, 1.54) is 6.07 Å². The molecule has 0 atom stereocenters. The van der Waals surface area contributed by atoms with Crippen molar-refractivity contribution in [3.8, 4) is 0 Å². The van der Waals surface area contributed by atoms with Crippen molar-refractivity contribution in [1.29, 1.82) is 0 Å². The zero-order chi connectivity index (χ0) is 20.7. The lowest BCUT2D eigenvalue weighted by Gasteiger charge is -2.25. The smallest absolute Gasteiger partial charge is 0.256 e. The molecule has 1 fully saturated rings. The number of nitrogens with zero attached hydrogens (tertiary/aromatic N) is 3. The molecule has 0 bridgehead atoms. The van der Waals surface area contributed by atoms with Gasteiger partial charge in [0.25, 0.3) is 11.5 Å². The van der Waals surface area contributed by atoms with E-state index in [9.17, 15) is 9.59 Å². The predicted octanol–water partition coefficient (Wildman–Crippen LogP) is 3.24. The van der Waals surface area contributed by atoms with E-state index >= 15 is 0 Å². The van der Waals surface area contributed by atoms with Crippen LogP contribution in [0.3, 0.4) is 0 Å². The molecular formula is C22H20N4O3S.